The predicted molar refractivity (Wildman–Crippen MR) is 75.0 cm³/mol. The molecule has 2 fully saturated rings. The molecule has 0 aromatic carbocycles. The highest BCUT2D eigenvalue weighted by molar-refractivity contribution is 5.70. The Balaban J connectivity index is 2.10. The summed E-state index contributed by atoms with van der Waals surface area (Å²) in [5.74, 6) is 0.876. The lowest BCUT2D eigenvalue weighted by molar-refractivity contribution is -0.148. The average Bonchev–Trinajstić information content (AvgIpc) is 2.38. The maximum atomic E-state index is 11.5. The molecule has 2 rings (SSSR count). The van der Waals surface area contributed by atoms with Crippen molar-refractivity contribution in [2.75, 3.05) is 13.2 Å². The minimum Gasteiger partial charge on any atom is -0.481 e. The van der Waals surface area contributed by atoms with E-state index in [0.29, 0.717) is 23.2 Å². The van der Waals surface area contributed by atoms with Gasteiger partial charge in [-0.25, -0.2) is 0 Å². The molecule has 110 valence electrons. The summed E-state index contributed by atoms with van der Waals surface area (Å²) in [7, 11) is 0. The van der Waals surface area contributed by atoms with Gasteiger partial charge in [0.25, 0.3) is 0 Å². The highest BCUT2D eigenvalue weighted by Crippen LogP contribution is 2.47. The van der Waals surface area contributed by atoms with Gasteiger partial charge in [0, 0.05) is 13.2 Å². The van der Waals surface area contributed by atoms with Gasteiger partial charge in [0.15, 0.2) is 0 Å². The molecule has 0 bridgehead atoms. The number of carboxylic acid groups (broad SMARTS) is 1. The molecule has 3 unspecified atom stereocenters. The van der Waals surface area contributed by atoms with Crippen molar-refractivity contribution in [3.05, 3.63) is 0 Å². The molecule has 1 heterocycles. The van der Waals surface area contributed by atoms with Crippen LogP contribution in [-0.4, -0.2) is 24.3 Å². The van der Waals surface area contributed by atoms with Gasteiger partial charge >= 0.3 is 5.97 Å². The number of hydrogen-bond donors (Lipinski definition) is 1. The summed E-state index contributed by atoms with van der Waals surface area (Å²) in [6, 6.07) is 0. The Bertz CT molecular complexity index is 312. The van der Waals surface area contributed by atoms with Crippen LogP contribution in [0.5, 0.6) is 0 Å². The Morgan fingerprint density at radius 3 is 2.26 bits per heavy atom. The maximum Gasteiger partial charge on any atom is 0.306 e. The van der Waals surface area contributed by atoms with Gasteiger partial charge in [0.2, 0.25) is 0 Å². The zero-order chi connectivity index (χ0) is 14.0. The zero-order valence-electron chi connectivity index (χ0n) is 12.5. The van der Waals surface area contributed by atoms with Crippen molar-refractivity contribution in [1.82, 2.24) is 0 Å². The highest BCUT2D eigenvalue weighted by atomic mass is 16.5. The molecule has 1 aliphatic heterocycles. The molecule has 0 amide bonds. The predicted octanol–water partition coefficient (Wildman–Crippen LogP) is 3.58. The van der Waals surface area contributed by atoms with Gasteiger partial charge in [0.05, 0.1) is 5.92 Å². The molecule has 0 aromatic rings. The molecule has 0 spiro atoms. The number of aliphatic carboxylic acids is 1. The van der Waals surface area contributed by atoms with Crippen LogP contribution >= 0.6 is 0 Å². The fourth-order valence-electron chi connectivity index (χ4n) is 3.96. The topological polar surface area (TPSA) is 46.5 Å². The van der Waals surface area contributed by atoms with E-state index in [9.17, 15) is 9.90 Å². The normalized spacial score (nSPS) is 34.2. The Morgan fingerprint density at radius 2 is 1.74 bits per heavy atom. The van der Waals surface area contributed by atoms with E-state index in [1.165, 1.54) is 0 Å². The van der Waals surface area contributed by atoms with Gasteiger partial charge in [-0.15, -0.1) is 0 Å². The van der Waals surface area contributed by atoms with Gasteiger partial charge in [-0.05, 0) is 55.3 Å². The SMILES string of the molecule is CC(C)(C)C1CCC(C(=O)O)C(C2CCOCC2)C1. The quantitative estimate of drug-likeness (QED) is 0.832. The van der Waals surface area contributed by atoms with Gasteiger partial charge in [-0.2, -0.15) is 0 Å². The van der Waals surface area contributed by atoms with Gasteiger partial charge in [-0.1, -0.05) is 20.8 Å². The Labute approximate surface area is 116 Å². The summed E-state index contributed by atoms with van der Waals surface area (Å²) in [6.07, 6.45) is 5.11. The fourth-order valence-corrected chi connectivity index (χ4v) is 3.96. The Kier molecular flexibility index (Phi) is 4.54. The third kappa shape index (κ3) is 3.50. The second-order valence-corrected chi connectivity index (χ2v) is 7.43. The summed E-state index contributed by atoms with van der Waals surface area (Å²) in [5, 5.41) is 9.50. The third-order valence-electron chi connectivity index (χ3n) is 5.31. The van der Waals surface area contributed by atoms with E-state index in [4.69, 9.17) is 4.74 Å². The zero-order valence-corrected chi connectivity index (χ0v) is 12.5. The largest absolute Gasteiger partial charge is 0.481 e. The summed E-state index contributed by atoms with van der Waals surface area (Å²) < 4.78 is 5.43. The molecule has 1 N–H and O–H groups in total. The molecule has 1 saturated heterocycles. The minimum absolute atomic E-state index is 0.123. The monoisotopic (exact) mass is 268 g/mol. The van der Waals surface area contributed by atoms with Gasteiger partial charge < -0.3 is 9.84 Å². The van der Waals surface area contributed by atoms with Crippen LogP contribution in [0.2, 0.25) is 0 Å². The first kappa shape index (κ1) is 14.8. The molecule has 1 saturated carbocycles. The maximum absolute atomic E-state index is 11.5. The molecule has 3 atom stereocenters. The molecular weight excluding hydrogens is 240 g/mol. The minimum atomic E-state index is -0.580. The van der Waals surface area contributed by atoms with Crippen LogP contribution in [0.3, 0.4) is 0 Å². The van der Waals surface area contributed by atoms with Crippen molar-refractivity contribution in [2.24, 2.45) is 29.1 Å². The highest BCUT2D eigenvalue weighted by Gasteiger charge is 2.42. The van der Waals surface area contributed by atoms with Gasteiger partial charge in [-0.3, -0.25) is 4.79 Å². The fraction of sp³-hybridized carbons (Fsp3) is 0.938. The van der Waals surface area contributed by atoms with Crippen molar-refractivity contribution in [2.45, 2.75) is 52.9 Å². The molecular formula is C16H28O3. The van der Waals surface area contributed by atoms with E-state index in [2.05, 4.69) is 20.8 Å². The van der Waals surface area contributed by atoms with Gasteiger partial charge in [0.1, 0.15) is 0 Å². The molecule has 2 aliphatic rings. The van der Waals surface area contributed by atoms with Crippen molar-refractivity contribution >= 4 is 5.97 Å². The average molecular weight is 268 g/mol. The van der Waals surface area contributed by atoms with E-state index in [1.807, 2.05) is 0 Å². The first-order chi connectivity index (χ1) is 8.89. The van der Waals surface area contributed by atoms with Crippen LogP contribution in [0.1, 0.15) is 52.9 Å². The molecule has 3 nitrogen and oxygen atoms in total. The number of carbonyl (C=O) groups is 1. The number of rotatable bonds is 2. The van der Waals surface area contributed by atoms with Crippen LogP contribution in [0.25, 0.3) is 0 Å². The van der Waals surface area contributed by atoms with E-state index in [1.54, 1.807) is 0 Å². The molecule has 19 heavy (non-hydrogen) atoms. The van der Waals surface area contributed by atoms with Crippen molar-refractivity contribution in [3.63, 3.8) is 0 Å². The summed E-state index contributed by atoms with van der Waals surface area (Å²) in [5.41, 5.74) is 0.299. The molecule has 0 radical (unpaired) electrons. The standard InChI is InChI=1S/C16H28O3/c1-16(2,3)12-4-5-13(15(17)18)14(10-12)11-6-8-19-9-7-11/h11-14H,4-10H2,1-3H3,(H,17,18). The second kappa shape index (κ2) is 5.82. The molecule has 1 aliphatic carbocycles. The number of carboxylic acids is 1. The van der Waals surface area contributed by atoms with E-state index in [-0.39, 0.29) is 5.92 Å². The lowest BCUT2D eigenvalue weighted by Crippen LogP contribution is -2.40. The molecule has 0 aromatic heterocycles. The van der Waals surface area contributed by atoms with Crippen molar-refractivity contribution < 1.29 is 14.6 Å². The lowest BCUT2D eigenvalue weighted by atomic mass is 9.61. The Morgan fingerprint density at radius 1 is 1.11 bits per heavy atom. The van der Waals surface area contributed by atoms with Crippen LogP contribution in [0.4, 0.5) is 0 Å². The first-order valence-electron chi connectivity index (χ1n) is 7.70. The Hall–Kier alpha value is -0.570. The summed E-state index contributed by atoms with van der Waals surface area (Å²) in [6.45, 7) is 8.50. The smallest absolute Gasteiger partial charge is 0.306 e. The van der Waals surface area contributed by atoms with Crippen LogP contribution in [0, 0.1) is 29.1 Å². The van der Waals surface area contributed by atoms with E-state index >= 15 is 0 Å². The lowest BCUT2D eigenvalue weighted by Gasteiger charge is -2.44. The summed E-state index contributed by atoms with van der Waals surface area (Å²) in [4.78, 5) is 11.5. The molecule has 3 heteroatoms. The number of ether oxygens (including phenoxy) is 1. The summed E-state index contributed by atoms with van der Waals surface area (Å²) >= 11 is 0. The van der Waals surface area contributed by atoms with E-state index < -0.39 is 5.97 Å². The van der Waals surface area contributed by atoms with Crippen LogP contribution < -0.4 is 0 Å². The van der Waals surface area contributed by atoms with Crippen molar-refractivity contribution in [3.8, 4) is 0 Å². The second-order valence-electron chi connectivity index (χ2n) is 7.43. The third-order valence-corrected chi connectivity index (χ3v) is 5.31. The van der Waals surface area contributed by atoms with Crippen LogP contribution in [-0.2, 0) is 9.53 Å². The van der Waals surface area contributed by atoms with Crippen LogP contribution in [0.15, 0.2) is 0 Å². The van der Waals surface area contributed by atoms with E-state index in [0.717, 1.165) is 45.3 Å². The van der Waals surface area contributed by atoms with Crippen molar-refractivity contribution in [1.29, 1.82) is 0 Å². The first-order valence-corrected chi connectivity index (χ1v) is 7.70. The number of hydrogen-bond acceptors (Lipinski definition) is 2.